The summed E-state index contributed by atoms with van der Waals surface area (Å²) in [6.07, 6.45) is 1.98. The Hall–Kier alpha value is -0.900. The van der Waals surface area contributed by atoms with Gasteiger partial charge in [0.2, 0.25) is 0 Å². The summed E-state index contributed by atoms with van der Waals surface area (Å²) >= 11 is 1.64. The van der Waals surface area contributed by atoms with E-state index in [0.29, 0.717) is 12.5 Å². The topological polar surface area (TPSA) is 59.9 Å². The maximum Gasteiger partial charge on any atom is 0.191 e. The SMILES string of the molecule is CCNC(=NCC(O)c1cc2ccccc2s1)NCC1CCCN(CC)C1.I. The van der Waals surface area contributed by atoms with Gasteiger partial charge in [-0.15, -0.1) is 35.3 Å². The first kappa shape index (κ1) is 23.4. The normalized spacial score (nSPS) is 19.2. The number of aliphatic imine (C=N–C) groups is 1. The van der Waals surface area contributed by atoms with E-state index in [0.717, 1.165) is 37.0 Å². The highest BCUT2D eigenvalue weighted by molar-refractivity contribution is 14.0. The molecule has 3 rings (SSSR count). The van der Waals surface area contributed by atoms with E-state index in [-0.39, 0.29) is 24.0 Å². The van der Waals surface area contributed by atoms with Gasteiger partial charge in [-0.3, -0.25) is 4.99 Å². The van der Waals surface area contributed by atoms with Crippen molar-refractivity contribution in [2.24, 2.45) is 10.9 Å². The quantitative estimate of drug-likeness (QED) is 0.298. The number of nitrogens with zero attached hydrogens (tertiary/aromatic N) is 2. The Balaban J connectivity index is 0.00000280. The molecule has 1 fully saturated rings. The van der Waals surface area contributed by atoms with Crippen LogP contribution in [0.25, 0.3) is 10.1 Å². The molecule has 28 heavy (non-hydrogen) atoms. The lowest BCUT2D eigenvalue weighted by molar-refractivity contribution is 0.183. The molecule has 0 spiro atoms. The number of piperidine rings is 1. The Morgan fingerprint density at radius 1 is 1.32 bits per heavy atom. The molecule has 0 saturated carbocycles. The number of hydrogen-bond donors (Lipinski definition) is 3. The number of fused-ring (bicyclic) bond motifs is 1. The molecule has 2 heterocycles. The fourth-order valence-electron chi connectivity index (χ4n) is 3.62. The van der Waals surface area contributed by atoms with Crippen LogP contribution in [0.15, 0.2) is 35.3 Å². The molecule has 0 radical (unpaired) electrons. The van der Waals surface area contributed by atoms with E-state index in [1.807, 2.05) is 12.1 Å². The zero-order valence-corrected chi connectivity index (χ0v) is 20.0. The molecule has 1 aliphatic heterocycles. The smallest absolute Gasteiger partial charge is 0.191 e. The molecule has 2 atom stereocenters. The van der Waals surface area contributed by atoms with E-state index >= 15 is 0 Å². The highest BCUT2D eigenvalue weighted by Crippen LogP contribution is 2.29. The number of likely N-dealkylation sites (tertiary alicyclic amines) is 1. The Kier molecular flexibility index (Phi) is 9.98. The van der Waals surface area contributed by atoms with Crippen LogP contribution in [0.4, 0.5) is 0 Å². The average Bonchev–Trinajstić information content (AvgIpc) is 3.14. The molecule has 1 aromatic carbocycles. The molecule has 2 aromatic rings. The van der Waals surface area contributed by atoms with E-state index in [1.54, 1.807) is 11.3 Å². The molecule has 1 aromatic heterocycles. The number of benzene rings is 1. The van der Waals surface area contributed by atoms with Crippen LogP contribution in [0, 0.1) is 5.92 Å². The summed E-state index contributed by atoms with van der Waals surface area (Å²) in [6.45, 7) is 9.93. The van der Waals surface area contributed by atoms with Crippen molar-refractivity contribution < 1.29 is 5.11 Å². The van der Waals surface area contributed by atoms with Gasteiger partial charge in [-0.2, -0.15) is 0 Å². The van der Waals surface area contributed by atoms with Crippen molar-refractivity contribution in [1.82, 2.24) is 15.5 Å². The third-order valence-electron chi connectivity index (χ3n) is 5.15. The second-order valence-corrected chi connectivity index (χ2v) is 8.32. The monoisotopic (exact) mass is 516 g/mol. The third-order valence-corrected chi connectivity index (χ3v) is 6.37. The molecule has 0 aliphatic carbocycles. The molecular weight excluding hydrogens is 483 g/mol. The Morgan fingerprint density at radius 3 is 2.89 bits per heavy atom. The molecule has 7 heteroatoms. The molecule has 0 bridgehead atoms. The highest BCUT2D eigenvalue weighted by atomic mass is 127. The number of nitrogens with one attached hydrogen (secondary N) is 2. The number of hydrogen-bond acceptors (Lipinski definition) is 4. The highest BCUT2D eigenvalue weighted by Gasteiger charge is 2.19. The van der Waals surface area contributed by atoms with Crippen LogP contribution >= 0.6 is 35.3 Å². The fourth-order valence-corrected chi connectivity index (χ4v) is 4.66. The first-order valence-electron chi connectivity index (χ1n) is 10.1. The first-order valence-corrected chi connectivity index (χ1v) is 10.9. The Morgan fingerprint density at radius 2 is 2.14 bits per heavy atom. The lowest BCUT2D eigenvalue weighted by Gasteiger charge is -2.32. The van der Waals surface area contributed by atoms with Gasteiger partial charge in [-0.25, -0.2) is 0 Å². The van der Waals surface area contributed by atoms with Crippen molar-refractivity contribution in [3.63, 3.8) is 0 Å². The standard InChI is InChI=1S/C21H32N4OS.HI/c1-3-22-21(23-13-16-8-7-11-25(4-2)15-16)24-14-18(26)20-12-17-9-5-6-10-19(17)27-20;/h5-6,9-10,12,16,18,26H,3-4,7-8,11,13-15H2,1-2H3,(H2,22,23,24);1H. The van der Waals surface area contributed by atoms with Crippen molar-refractivity contribution in [3.8, 4) is 0 Å². The fraction of sp³-hybridized carbons (Fsp3) is 0.571. The van der Waals surface area contributed by atoms with Crippen LogP contribution in [-0.4, -0.2) is 55.2 Å². The van der Waals surface area contributed by atoms with E-state index in [4.69, 9.17) is 0 Å². The zero-order valence-electron chi connectivity index (χ0n) is 16.9. The van der Waals surface area contributed by atoms with E-state index in [2.05, 4.69) is 52.6 Å². The minimum Gasteiger partial charge on any atom is -0.386 e. The molecule has 1 aliphatic rings. The van der Waals surface area contributed by atoms with Gasteiger partial charge in [0.15, 0.2) is 5.96 Å². The van der Waals surface area contributed by atoms with Crippen LogP contribution in [0.2, 0.25) is 0 Å². The summed E-state index contributed by atoms with van der Waals surface area (Å²) in [7, 11) is 0. The summed E-state index contributed by atoms with van der Waals surface area (Å²) in [6, 6.07) is 10.3. The second kappa shape index (κ2) is 11.9. The average molecular weight is 516 g/mol. The number of guanidine groups is 1. The number of rotatable bonds is 7. The molecule has 3 N–H and O–H groups in total. The summed E-state index contributed by atoms with van der Waals surface area (Å²) in [4.78, 5) is 8.11. The molecule has 5 nitrogen and oxygen atoms in total. The summed E-state index contributed by atoms with van der Waals surface area (Å²) in [5, 5.41) is 18.5. The van der Waals surface area contributed by atoms with Crippen LogP contribution in [0.3, 0.4) is 0 Å². The van der Waals surface area contributed by atoms with Crippen LogP contribution < -0.4 is 10.6 Å². The Labute approximate surface area is 189 Å². The van der Waals surface area contributed by atoms with Gasteiger partial charge >= 0.3 is 0 Å². The van der Waals surface area contributed by atoms with Crippen LogP contribution in [0.5, 0.6) is 0 Å². The molecular formula is C21H33IN4OS. The number of aliphatic hydroxyl groups is 1. The molecule has 1 saturated heterocycles. The summed E-state index contributed by atoms with van der Waals surface area (Å²) in [5.41, 5.74) is 0. The number of halogens is 1. The first-order chi connectivity index (χ1) is 13.2. The van der Waals surface area contributed by atoms with Crippen molar-refractivity contribution in [2.45, 2.75) is 32.8 Å². The van der Waals surface area contributed by atoms with Crippen LogP contribution in [-0.2, 0) is 0 Å². The van der Waals surface area contributed by atoms with Gasteiger partial charge in [0.25, 0.3) is 0 Å². The van der Waals surface area contributed by atoms with Crippen LogP contribution in [0.1, 0.15) is 37.7 Å². The number of aliphatic hydroxyl groups excluding tert-OH is 1. The second-order valence-electron chi connectivity index (χ2n) is 7.20. The van der Waals surface area contributed by atoms with E-state index < -0.39 is 6.10 Å². The van der Waals surface area contributed by atoms with Crippen molar-refractivity contribution in [3.05, 3.63) is 35.2 Å². The molecule has 0 amide bonds. The van der Waals surface area contributed by atoms with Crippen molar-refractivity contribution in [1.29, 1.82) is 0 Å². The molecule has 2 unspecified atom stereocenters. The maximum absolute atomic E-state index is 10.6. The van der Waals surface area contributed by atoms with Crippen molar-refractivity contribution >= 4 is 51.4 Å². The van der Waals surface area contributed by atoms with Gasteiger partial charge < -0.3 is 20.6 Å². The predicted molar refractivity (Wildman–Crippen MR) is 131 cm³/mol. The van der Waals surface area contributed by atoms with Gasteiger partial charge in [-0.05, 0) is 56.3 Å². The van der Waals surface area contributed by atoms with E-state index in [9.17, 15) is 5.11 Å². The largest absolute Gasteiger partial charge is 0.386 e. The maximum atomic E-state index is 10.6. The lowest BCUT2D eigenvalue weighted by atomic mass is 9.98. The predicted octanol–water partition coefficient (Wildman–Crippen LogP) is 3.84. The number of thiophene rings is 1. The van der Waals surface area contributed by atoms with E-state index in [1.165, 1.54) is 29.5 Å². The van der Waals surface area contributed by atoms with Crippen molar-refractivity contribution in [2.75, 3.05) is 39.3 Å². The molecule has 156 valence electrons. The van der Waals surface area contributed by atoms with Gasteiger partial charge in [0.05, 0.1) is 6.54 Å². The minimum absolute atomic E-state index is 0. The Bertz CT molecular complexity index is 718. The zero-order chi connectivity index (χ0) is 19.1. The van der Waals surface area contributed by atoms with Gasteiger partial charge in [-0.1, -0.05) is 25.1 Å². The lowest BCUT2D eigenvalue weighted by Crippen LogP contribution is -2.44. The third kappa shape index (κ3) is 6.57. The summed E-state index contributed by atoms with van der Waals surface area (Å²) < 4.78 is 1.21. The van der Waals surface area contributed by atoms with Gasteiger partial charge in [0, 0.05) is 29.2 Å². The summed E-state index contributed by atoms with van der Waals surface area (Å²) in [5.74, 6) is 1.46. The minimum atomic E-state index is -0.567. The van der Waals surface area contributed by atoms with Gasteiger partial charge in [0.1, 0.15) is 6.10 Å².